The van der Waals surface area contributed by atoms with Gasteiger partial charge in [-0.05, 0) is 59.1 Å². The number of carbonyl (C=O) groups is 1. The number of aryl methyl sites for hydroxylation is 1. The third-order valence-corrected chi connectivity index (χ3v) is 5.26. The van der Waals surface area contributed by atoms with Crippen LogP contribution >= 0.6 is 43.2 Å². The Morgan fingerprint density at radius 2 is 2.05 bits per heavy atom. The van der Waals surface area contributed by atoms with Crippen molar-refractivity contribution in [2.24, 2.45) is 0 Å². The maximum Gasteiger partial charge on any atom is 0.251 e. The highest BCUT2D eigenvalue weighted by molar-refractivity contribution is 9.11. The molecular formula is C14H13Br2NOS. The molecule has 19 heavy (non-hydrogen) atoms. The van der Waals surface area contributed by atoms with Gasteiger partial charge in [0, 0.05) is 21.5 Å². The van der Waals surface area contributed by atoms with Crippen LogP contribution in [0.4, 0.5) is 0 Å². The Morgan fingerprint density at radius 3 is 2.68 bits per heavy atom. The minimum absolute atomic E-state index is 0.0312. The zero-order valence-electron chi connectivity index (χ0n) is 10.4. The molecule has 2 rings (SSSR count). The van der Waals surface area contributed by atoms with Crippen molar-refractivity contribution >= 4 is 49.1 Å². The highest BCUT2D eigenvalue weighted by Gasteiger charge is 2.07. The average Bonchev–Trinajstić information content (AvgIpc) is 2.78. The normalized spacial score (nSPS) is 10.5. The maximum absolute atomic E-state index is 12.0. The zero-order valence-corrected chi connectivity index (χ0v) is 14.4. The molecule has 1 heterocycles. The number of benzene rings is 1. The Hall–Kier alpha value is -0.650. The predicted molar refractivity (Wildman–Crippen MR) is 86.9 cm³/mol. The summed E-state index contributed by atoms with van der Waals surface area (Å²) in [5, 5.41) is 2.93. The van der Waals surface area contributed by atoms with E-state index >= 15 is 0 Å². The number of amides is 1. The van der Waals surface area contributed by atoms with Gasteiger partial charge in [0.1, 0.15) is 0 Å². The Bertz CT molecular complexity index is 595. The van der Waals surface area contributed by atoms with Gasteiger partial charge >= 0.3 is 0 Å². The summed E-state index contributed by atoms with van der Waals surface area (Å²) >= 11 is 8.57. The van der Waals surface area contributed by atoms with Crippen LogP contribution in [0, 0.1) is 6.92 Å². The van der Waals surface area contributed by atoms with Crippen LogP contribution in [0.1, 0.15) is 20.8 Å². The van der Waals surface area contributed by atoms with Gasteiger partial charge in [-0.15, -0.1) is 11.3 Å². The second-order valence-electron chi connectivity index (χ2n) is 4.18. The third-order valence-electron chi connectivity index (χ3n) is 2.72. The number of carbonyl (C=O) groups excluding carboxylic acids is 1. The van der Waals surface area contributed by atoms with Crippen LogP contribution in [0.2, 0.25) is 0 Å². The molecule has 0 bridgehead atoms. The van der Waals surface area contributed by atoms with E-state index in [2.05, 4.69) is 43.2 Å². The lowest BCUT2D eigenvalue weighted by Gasteiger charge is -2.06. The highest BCUT2D eigenvalue weighted by Crippen LogP contribution is 2.22. The smallest absolute Gasteiger partial charge is 0.251 e. The molecule has 0 saturated heterocycles. The highest BCUT2D eigenvalue weighted by atomic mass is 79.9. The molecule has 0 spiro atoms. The molecule has 0 saturated carbocycles. The first-order chi connectivity index (χ1) is 9.06. The van der Waals surface area contributed by atoms with Crippen molar-refractivity contribution < 1.29 is 4.79 Å². The monoisotopic (exact) mass is 401 g/mol. The van der Waals surface area contributed by atoms with E-state index in [1.54, 1.807) is 11.3 Å². The van der Waals surface area contributed by atoms with E-state index in [1.165, 1.54) is 4.88 Å². The van der Waals surface area contributed by atoms with Gasteiger partial charge < -0.3 is 5.32 Å². The largest absolute Gasteiger partial charge is 0.352 e. The minimum Gasteiger partial charge on any atom is -0.352 e. The summed E-state index contributed by atoms with van der Waals surface area (Å²) in [4.78, 5) is 13.2. The van der Waals surface area contributed by atoms with Gasteiger partial charge in [0.2, 0.25) is 0 Å². The Kier molecular flexibility index (Phi) is 5.19. The lowest BCUT2D eigenvalue weighted by molar-refractivity contribution is 0.0954. The molecule has 0 radical (unpaired) electrons. The average molecular weight is 403 g/mol. The summed E-state index contributed by atoms with van der Waals surface area (Å²) in [7, 11) is 0. The number of hydrogen-bond acceptors (Lipinski definition) is 2. The SMILES string of the molecule is Cc1ccc(C(=O)NCCc2ccc(Br)s2)cc1Br. The zero-order chi connectivity index (χ0) is 13.8. The van der Waals surface area contributed by atoms with Gasteiger partial charge in [0.25, 0.3) is 5.91 Å². The molecule has 2 aromatic rings. The van der Waals surface area contributed by atoms with Gasteiger partial charge in [-0.1, -0.05) is 22.0 Å². The van der Waals surface area contributed by atoms with E-state index in [4.69, 9.17) is 0 Å². The molecule has 5 heteroatoms. The van der Waals surface area contributed by atoms with Gasteiger partial charge in [-0.25, -0.2) is 0 Å². The molecule has 1 N–H and O–H groups in total. The third kappa shape index (κ3) is 4.16. The van der Waals surface area contributed by atoms with Gasteiger partial charge in [0.05, 0.1) is 3.79 Å². The van der Waals surface area contributed by atoms with Crippen molar-refractivity contribution in [3.05, 3.63) is 54.6 Å². The summed E-state index contributed by atoms with van der Waals surface area (Å²) in [5.74, 6) is -0.0312. The quantitative estimate of drug-likeness (QED) is 0.798. The fraction of sp³-hybridized carbons (Fsp3) is 0.214. The van der Waals surface area contributed by atoms with Crippen LogP contribution in [0.3, 0.4) is 0 Å². The molecule has 0 aliphatic heterocycles. The van der Waals surface area contributed by atoms with Crippen molar-refractivity contribution in [2.75, 3.05) is 6.54 Å². The van der Waals surface area contributed by atoms with Crippen LogP contribution < -0.4 is 5.32 Å². The molecule has 1 amide bonds. The molecule has 0 atom stereocenters. The van der Waals surface area contributed by atoms with E-state index in [0.717, 1.165) is 20.2 Å². The molecule has 1 aromatic heterocycles. The van der Waals surface area contributed by atoms with E-state index in [-0.39, 0.29) is 5.91 Å². The van der Waals surface area contributed by atoms with Crippen LogP contribution in [-0.2, 0) is 6.42 Å². The molecule has 0 unspecified atom stereocenters. The summed E-state index contributed by atoms with van der Waals surface area (Å²) in [6, 6.07) is 9.74. The summed E-state index contributed by atoms with van der Waals surface area (Å²) in [5.41, 5.74) is 1.81. The summed E-state index contributed by atoms with van der Waals surface area (Å²) in [6.07, 6.45) is 0.856. The maximum atomic E-state index is 12.0. The second kappa shape index (κ2) is 6.68. The molecule has 0 aliphatic rings. The van der Waals surface area contributed by atoms with Gasteiger partial charge in [-0.3, -0.25) is 4.79 Å². The first kappa shape index (κ1) is 14.8. The van der Waals surface area contributed by atoms with Crippen LogP contribution in [-0.4, -0.2) is 12.5 Å². The van der Waals surface area contributed by atoms with E-state index in [0.29, 0.717) is 12.1 Å². The number of halogens is 2. The van der Waals surface area contributed by atoms with Crippen LogP contribution in [0.5, 0.6) is 0 Å². The van der Waals surface area contributed by atoms with Crippen LogP contribution in [0.15, 0.2) is 38.6 Å². The predicted octanol–water partition coefficient (Wildman–Crippen LogP) is 4.55. The Morgan fingerprint density at radius 1 is 1.26 bits per heavy atom. The molecule has 0 aliphatic carbocycles. The van der Waals surface area contributed by atoms with Crippen molar-refractivity contribution in [1.82, 2.24) is 5.32 Å². The number of nitrogens with one attached hydrogen (secondary N) is 1. The fourth-order valence-corrected chi connectivity index (χ4v) is 3.48. The first-order valence-electron chi connectivity index (χ1n) is 5.85. The lowest BCUT2D eigenvalue weighted by atomic mass is 10.1. The second-order valence-corrected chi connectivity index (χ2v) is 7.58. The van der Waals surface area contributed by atoms with E-state index in [1.807, 2.05) is 31.2 Å². The van der Waals surface area contributed by atoms with Crippen molar-refractivity contribution in [3.63, 3.8) is 0 Å². The summed E-state index contributed by atoms with van der Waals surface area (Å²) < 4.78 is 2.08. The standard InChI is InChI=1S/C14H13Br2NOS/c1-9-2-3-10(8-12(9)15)14(18)17-7-6-11-4-5-13(16)19-11/h2-5,8H,6-7H2,1H3,(H,17,18). The molecule has 1 aromatic carbocycles. The molecular weight excluding hydrogens is 390 g/mol. The topological polar surface area (TPSA) is 29.1 Å². The number of hydrogen-bond donors (Lipinski definition) is 1. The van der Waals surface area contributed by atoms with Crippen molar-refractivity contribution in [2.45, 2.75) is 13.3 Å². The molecule has 2 nitrogen and oxygen atoms in total. The molecule has 0 fully saturated rings. The van der Waals surface area contributed by atoms with Crippen molar-refractivity contribution in [3.8, 4) is 0 Å². The first-order valence-corrected chi connectivity index (χ1v) is 8.25. The minimum atomic E-state index is -0.0312. The lowest BCUT2D eigenvalue weighted by Crippen LogP contribution is -2.25. The number of rotatable bonds is 4. The van der Waals surface area contributed by atoms with Gasteiger partial charge in [0.15, 0.2) is 0 Å². The van der Waals surface area contributed by atoms with E-state index < -0.39 is 0 Å². The summed E-state index contributed by atoms with van der Waals surface area (Å²) in [6.45, 7) is 2.65. The van der Waals surface area contributed by atoms with Crippen molar-refractivity contribution in [1.29, 1.82) is 0 Å². The fourth-order valence-electron chi connectivity index (χ4n) is 1.62. The van der Waals surface area contributed by atoms with E-state index in [9.17, 15) is 4.79 Å². The Labute approximate surface area is 133 Å². The molecule has 100 valence electrons. The number of thiophene rings is 1. The van der Waals surface area contributed by atoms with Gasteiger partial charge in [-0.2, -0.15) is 0 Å². The Balaban J connectivity index is 1.89. The van der Waals surface area contributed by atoms with Crippen LogP contribution in [0.25, 0.3) is 0 Å².